The predicted octanol–water partition coefficient (Wildman–Crippen LogP) is 3.78. The standard InChI is InChI=1S/C18H15BrN2O2/c1-11(12-5-4-6-13(19)9-12)21-18(23)15-10-20-16-8-3-2-7-14(16)17(15)22/h2-11H,1H3,(H,20,22)(H,21,23)/t11-/m0/s1. The van der Waals surface area contributed by atoms with Gasteiger partial charge < -0.3 is 10.3 Å². The number of H-pyrrole nitrogens is 1. The lowest BCUT2D eigenvalue weighted by atomic mass is 10.1. The van der Waals surface area contributed by atoms with Gasteiger partial charge in [-0.25, -0.2) is 0 Å². The minimum absolute atomic E-state index is 0.116. The van der Waals surface area contributed by atoms with Crippen molar-refractivity contribution < 1.29 is 4.79 Å². The van der Waals surface area contributed by atoms with Crippen LogP contribution in [-0.4, -0.2) is 10.9 Å². The fraction of sp³-hybridized carbons (Fsp3) is 0.111. The first-order valence-corrected chi connectivity index (χ1v) is 8.02. The monoisotopic (exact) mass is 370 g/mol. The largest absolute Gasteiger partial charge is 0.360 e. The van der Waals surface area contributed by atoms with Crippen molar-refractivity contribution >= 4 is 32.7 Å². The Morgan fingerprint density at radius 3 is 2.74 bits per heavy atom. The summed E-state index contributed by atoms with van der Waals surface area (Å²) in [5.41, 5.74) is 1.53. The molecule has 0 unspecified atom stereocenters. The molecule has 5 heteroatoms. The van der Waals surface area contributed by atoms with Gasteiger partial charge in [0.2, 0.25) is 5.43 Å². The van der Waals surface area contributed by atoms with Crippen molar-refractivity contribution in [2.45, 2.75) is 13.0 Å². The molecular formula is C18H15BrN2O2. The molecule has 0 radical (unpaired) electrons. The molecule has 3 aromatic rings. The van der Waals surface area contributed by atoms with Crippen molar-refractivity contribution in [1.29, 1.82) is 0 Å². The zero-order chi connectivity index (χ0) is 16.4. The van der Waals surface area contributed by atoms with Crippen LogP contribution in [0.25, 0.3) is 10.9 Å². The third kappa shape index (κ3) is 3.19. The van der Waals surface area contributed by atoms with E-state index in [-0.39, 0.29) is 22.9 Å². The van der Waals surface area contributed by atoms with Crippen molar-refractivity contribution in [3.05, 3.63) is 80.6 Å². The Morgan fingerprint density at radius 2 is 1.96 bits per heavy atom. The summed E-state index contributed by atoms with van der Waals surface area (Å²) >= 11 is 3.41. The Balaban J connectivity index is 1.89. The second-order valence-corrected chi connectivity index (χ2v) is 6.24. The highest BCUT2D eigenvalue weighted by molar-refractivity contribution is 9.10. The van der Waals surface area contributed by atoms with Gasteiger partial charge in [-0.15, -0.1) is 0 Å². The third-order valence-corrected chi connectivity index (χ3v) is 4.22. The maximum absolute atomic E-state index is 12.5. The highest BCUT2D eigenvalue weighted by Crippen LogP contribution is 2.18. The van der Waals surface area contributed by atoms with Crippen LogP contribution >= 0.6 is 15.9 Å². The van der Waals surface area contributed by atoms with Crippen molar-refractivity contribution in [2.24, 2.45) is 0 Å². The summed E-state index contributed by atoms with van der Waals surface area (Å²) < 4.78 is 0.944. The van der Waals surface area contributed by atoms with Crippen molar-refractivity contribution in [1.82, 2.24) is 10.3 Å². The topological polar surface area (TPSA) is 62.0 Å². The Hall–Kier alpha value is -2.40. The Labute approximate surface area is 141 Å². The first-order valence-electron chi connectivity index (χ1n) is 7.23. The van der Waals surface area contributed by atoms with Gasteiger partial charge in [0.25, 0.3) is 5.91 Å². The van der Waals surface area contributed by atoms with E-state index in [0.717, 1.165) is 10.0 Å². The minimum atomic E-state index is -0.385. The van der Waals surface area contributed by atoms with E-state index in [1.165, 1.54) is 6.20 Å². The fourth-order valence-corrected chi connectivity index (χ4v) is 2.89. The molecule has 4 nitrogen and oxygen atoms in total. The zero-order valence-electron chi connectivity index (χ0n) is 12.5. The number of nitrogens with one attached hydrogen (secondary N) is 2. The highest BCUT2D eigenvalue weighted by atomic mass is 79.9. The van der Waals surface area contributed by atoms with Crippen LogP contribution in [0.2, 0.25) is 0 Å². The molecular weight excluding hydrogens is 356 g/mol. The lowest BCUT2D eigenvalue weighted by Gasteiger charge is -2.14. The molecule has 23 heavy (non-hydrogen) atoms. The molecule has 1 heterocycles. The molecule has 0 spiro atoms. The maximum atomic E-state index is 12.5. The third-order valence-electron chi connectivity index (χ3n) is 3.73. The van der Waals surface area contributed by atoms with E-state index in [9.17, 15) is 9.59 Å². The van der Waals surface area contributed by atoms with E-state index < -0.39 is 0 Å². The lowest BCUT2D eigenvalue weighted by molar-refractivity contribution is 0.0938. The van der Waals surface area contributed by atoms with Crippen LogP contribution < -0.4 is 10.7 Å². The van der Waals surface area contributed by atoms with Crippen LogP contribution in [0.1, 0.15) is 28.9 Å². The van der Waals surface area contributed by atoms with Crippen LogP contribution in [-0.2, 0) is 0 Å². The van der Waals surface area contributed by atoms with Gasteiger partial charge in [-0.05, 0) is 36.8 Å². The summed E-state index contributed by atoms with van der Waals surface area (Å²) in [7, 11) is 0. The quantitative estimate of drug-likeness (QED) is 0.736. The van der Waals surface area contributed by atoms with Crippen LogP contribution in [0.15, 0.2) is 64.0 Å². The molecule has 116 valence electrons. The van der Waals surface area contributed by atoms with Crippen LogP contribution in [0.3, 0.4) is 0 Å². The van der Waals surface area contributed by atoms with E-state index >= 15 is 0 Å². The summed E-state index contributed by atoms with van der Waals surface area (Å²) in [5.74, 6) is -0.385. The average Bonchev–Trinajstić information content (AvgIpc) is 2.55. The zero-order valence-corrected chi connectivity index (χ0v) is 14.1. The number of para-hydroxylation sites is 1. The first-order chi connectivity index (χ1) is 11.1. The number of rotatable bonds is 3. The number of carbonyl (C=O) groups excluding carboxylic acids is 1. The van der Waals surface area contributed by atoms with Gasteiger partial charge in [0.1, 0.15) is 5.56 Å². The SMILES string of the molecule is C[C@H](NC(=O)c1c[nH]c2ccccc2c1=O)c1cccc(Br)c1. The molecule has 1 aromatic heterocycles. The molecule has 1 amide bonds. The molecule has 0 fully saturated rings. The molecule has 0 aliphatic carbocycles. The number of pyridine rings is 1. The Kier molecular flexibility index (Phi) is 4.30. The van der Waals surface area contributed by atoms with Gasteiger partial charge in [-0.1, -0.05) is 40.2 Å². The Bertz CT molecular complexity index is 933. The summed E-state index contributed by atoms with van der Waals surface area (Å²) in [6.45, 7) is 1.88. The molecule has 3 rings (SSSR count). The van der Waals surface area contributed by atoms with E-state index in [2.05, 4.69) is 26.2 Å². The summed E-state index contributed by atoms with van der Waals surface area (Å²) in [6, 6.07) is 14.6. The van der Waals surface area contributed by atoms with Gasteiger partial charge in [-0.3, -0.25) is 9.59 Å². The maximum Gasteiger partial charge on any atom is 0.257 e. The van der Waals surface area contributed by atoms with Gasteiger partial charge in [0.05, 0.1) is 6.04 Å². The number of halogens is 1. The summed E-state index contributed by atoms with van der Waals surface area (Å²) in [4.78, 5) is 27.9. The van der Waals surface area contributed by atoms with Crippen LogP contribution in [0.4, 0.5) is 0 Å². The number of aromatic amines is 1. The number of aromatic nitrogens is 1. The predicted molar refractivity (Wildman–Crippen MR) is 94.6 cm³/mol. The number of fused-ring (bicyclic) bond motifs is 1. The number of amides is 1. The van der Waals surface area contributed by atoms with E-state index in [1.807, 2.05) is 43.3 Å². The Morgan fingerprint density at radius 1 is 1.17 bits per heavy atom. The second kappa shape index (κ2) is 6.38. The second-order valence-electron chi connectivity index (χ2n) is 5.33. The average molecular weight is 371 g/mol. The van der Waals surface area contributed by atoms with E-state index in [0.29, 0.717) is 10.9 Å². The molecule has 0 aliphatic rings. The highest BCUT2D eigenvalue weighted by Gasteiger charge is 2.16. The van der Waals surface area contributed by atoms with Crippen molar-refractivity contribution in [2.75, 3.05) is 0 Å². The molecule has 0 bridgehead atoms. The molecule has 2 N–H and O–H groups in total. The number of hydrogen-bond donors (Lipinski definition) is 2. The summed E-state index contributed by atoms with van der Waals surface area (Å²) in [6.07, 6.45) is 1.47. The van der Waals surface area contributed by atoms with Crippen LogP contribution in [0, 0.1) is 0 Å². The number of benzene rings is 2. The van der Waals surface area contributed by atoms with Gasteiger partial charge in [-0.2, -0.15) is 0 Å². The normalized spacial score (nSPS) is 12.1. The first kappa shape index (κ1) is 15.5. The molecule has 2 aromatic carbocycles. The molecule has 0 saturated carbocycles. The van der Waals surface area contributed by atoms with Crippen molar-refractivity contribution in [3.63, 3.8) is 0 Å². The fourth-order valence-electron chi connectivity index (χ4n) is 2.47. The van der Waals surface area contributed by atoms with Gasteiger partial charge in [0.15, 0.2) is 0 Å². The smallest absolute Gasteiger partial charge is 0.257 e. The molecule has 1 atom stereocenters. The molecule has 0 aliphatic heterocycles. The van der Waals surface area contributed by atoms with Gasteiger partial charge >= 0.3 is 0 Å². The minimum Gasteiger partial charge on any atom is -0.360 e. The molecule has 0 saturated heterocycles. The lowest BCUT2D eigenvalue weighted by Crippen LogP contribution is -2.31. The van der Waals surface area contributed by atoms with E-state index in [4.69, 9.17) is 0 Å². The van der Waals surface area contributed by atoms with Crippen LogP contribution in [0.5, 0.6) is 0 Å². The van der Waals surface area contributed by atoms with Gasteiger partial charge in [0, 0.05) is 21.6 Å². The summed E-state index contributed by atoms with van der Waals surface area (Å²) in [5, 5.41) is 3.37. The van der Waals surface area contributed by atoms with Crippen molar-refractivity contribution in [3.8, 4) is 0 Å². The number of carbonyl (C=O) groups is 1. The number of hydrogen-bond acceptors (Lipinski definition) is 2. The van der Waals surface area contributed by atoms with E-state index in [1.54, 1.807) is 12.1 Å².